The van der Waals surface area contributed by atoms with Crippen LogP contribution in [0.1, 0.15) is 17.3 Å². The van der Waals surface area contributed by atoms with Crippen LogP contribution >= 0.6 is 12.2 Å². The van der Waals surface area contributed by atoms with Crippen molar-refractivity contribution in [2.75, 3.05) is 11.5 Å². The molecule has 0 saturated heterocycles. The van der Waals surface area contributed by atoms with Crippen LogP contribution in [0, 0.1) is 0 Å². The van der Waals surface area contributed by atoms with Gasteiger partial charge in [-0.3, -0.25) is 4.90 Å². The molecule has 0 radical (unpaired) electrons. The molecule has 0 aliphatic heterocycles. The van der Waals surface area contributed by atoms with Crippen molar-refractivity contribution in [3.63, 3.8) is 0 Å². The summed E-state index contributed by atoms with van der Waals surface area (Å²) < 4.78 is 5.41. The summed E-state index contributed by atoms with van der Waals surface area (Å²) in [7, 11) is 0. The molecule has 108 valence electrons. The Balaban J connectivity index is 2.56. The van der Waals surface area contributed by atoms with E-state index in [1.165, 1.54) is 0 Å². The number of carbonyl (C=O) groups is 1. The zero-order valence-electron chi connectivity index (χ0n) is 11.5. The SMILES string of the molecule is CCOC(=S)N(c1ccccc1)c1ccccc1C(=O)O. The Bertz CT molecular complexity index is 643. The van der Waals surface area contributed by atoms with Crippen molar-refractivity contribution in [2.45, 2.75) is 6.92 Å². The minimum absolute atomic E-state index is 0.170. The zero-order chi connectivity index (χ0) is 15.2. The van der Waals surface area contributed by atoms with Gasteiger partial charge in [-0.1, -0.05) is 30.3 Å². The van der Waals surface area contributed by atoms with E-state index < -0.39 is 5.97 Å². The number of hydrogen-bond donors (Lipinski definition) is 1. The summed E-state index contributed by atoms with van der Waals surface area (Å²) in [6, 6.07) is 16.0. The number of nitrogens with zero attached hydrogens (tertiary/aromatic N) is 1. The Labute approximate surface area is 128 Å². The summed E-state index contributed by atoms with van der Waals surface area (Å²) >= 11 is 5.30. The maximum absolute atomic E-state index is 11.4. The number of aromatic carboxylic acids is 1. The topological polar surface area (TPSA) is 49.8 Å². The summed E-state index contributed by atoms with van der Waals surface area (Å²) in [5, 5.41) is 9.58. The lowest BCUT2D eigenvalue weighted by molar-refractivity contribution is 0.0698. The standard InChI is InChI=1S/C16H15NO3S/c1-2-20-16(21)17(12-8-4-3-5-9-12)14-11-7-6-10-13(14)15(18)19/h3-11H,2H2,1H3,(H,18,19). The second-order valence-corrected chi connectivity index (χ2v) is 4.54. The fraction of sp³-hybridized carbons (Fsp3) is 0.125. The van der Waals surface area contributed by atoms with Crippen molar-refractivity contribution in [1.82, 2.24) is 0 Å². The van der Waals surface area contributed by atoms with Crippen molar-refractivity contribution < 1.29 is 14.6 Å². The molecule has 21 heavy (non-hydrogen) atoms. The van der Waals surface area contributed by atoms with E-state index in [-0.39, 0.29) is 10.7 Å². The van der Waals surface area contributed by atoms with Crippen LogP contribution in [0.5, 0.6) is 0 Å². The highest BCUT2D eigenvalue weighted by Crippen LogP contribution is 2.29. The molecule has 0 atom stereocenters. The van der Waals surface area contributed by atoms with Crippen molar-refractivity contribution in [3.05, 3.63) is 60.2 Å². The lowest BCUT2D eigenvalue weighted by atomic mass is 10.1. The molecule has 0 unspecified atom stereocenters. The second-order valence-electron chi connectivity index (χ2n) is 4.19. The maximum Gasteiger partial charge on any atom is 0.337 e. The molecule has 0 fully saturated rings. The molecule has 0 heterocycles. The maximum atomic E-state index is 11.4. The fourth-order valence-corrected chi connectivity index (χ4v) is 2.28. The Morgan fingerprint density at radius 3 is 2.38 bits per heavy atom. The molecule has 0 aromatic heterocycles. The van der Waals surface area contributed by atoms with Gasteiger partial charge in [-0.15, -0.1) is 0 Å². The lowest BCUT2D eigenvalue weighted by Gasteiger charge is -2.26. The first-order valence-corrected chi connectivity index (χ1v) is 6.90. The summed E-state index contributed by atoms with van der Waals surface area (Å²) in [5.41, 5.74) is 1.41. The van der Waals surface area contributed by atoms with E-state index in [0.29, 0.717) is 12.3 Å². The second kappa shape index (κ2) is 6.85. The van der Waals surface area contributed by atoms with Gasteiger partial charge in [-0.05, 0) is 43.4 Å². The summed E-state index contributed by atoms with van der Waals surface area (Å²) in [6.45, 7) is 2.25. The zero-order valence-corrected chi connectivity index (χ0v) is 12.3. The number of hydrogen-bond acceptors (Lipinski definition) is 3. The van der Waals surface area contributed by atoms with Crippen LogP contribution < -0.4 is 4.90 Å². The Hall–Kier alpha value is -2.40. The third-order valence-corrected chi connectivity index (χ3v) is 3.14. The molecule has 5 heteroatoms. The molecule has 1 N–H and O–H groups in total. The van der Waals surface area contributed by atoms with E-state index in [1.54, 1.807) is 29.2 Å². The van der Waals surface area contributed by atoms with Gasteiger partial charge in [-0.25, -0.2) is 4.79 Å². The summed E-state index contributed by atoms with van der Waals surface area (Å²) in [4.78, 5) is 13.1. The normalized spacial score (nSPS) is 9.95. The van der Waals surface area contributed by atoms with E-state index in [9.17, 15) is 9.90 Å². The first-order valence-electron chi connectivity index (χ1n) is 6.49. The van der Waals surface area contributed by atoms with Crippen molar-refractivity contribution in [2.24, 2.45) is 0 Å². The van der Waals surface area contributed by atoms with Crippen LogP contribution in [-0.2, 0) is 4.74 Å². The first-order chi connectivity index (χ1) is 10.1. The predicted octanol–water partition coefficient (Wildman–Crippen LogP) is 3.84. The molecule has 0 amide bonds. The van der Waals surface area contributed by atoms with Crippen molar-refractivity contribution >= 4 is 34.7 Å². The van der Waals surface area contributed by atoms with E-state index in [4.69, 9.17) is 17.0 Å². The van der Waals surface area contributed by atoms with E-state index in [0.717, 1.165) is 5.69 Å². The van der Waals surface area contributed by atoms with Crippen LogP contribution in [0.4, 0.5) is 11.4 Å². The number of thiocarbonyl (C=S) groups is 1. The minimum Gasteiger partial charge on any atom is -0.478 e. The molecule has 0 saturated carbocycles. The molecule has 0 aliphatic carbocycles. The smallest absolute Gasteiger partial charge is 0.337 e. The van der Waals surface area contributed by atoms with E-state index in [1.807, 2.05) is 37.3 Å². The van der Waals surface area contributed by atoms with Gasteiger partial charge in [0.1, 0.15) is 0 Å². The summed E-state index contributed by atoms with van der Waals surface area (Å²) in [5.74, 6) is -1.01. The van der Waals surface area contributed by atoms with Crippen molar-refractivity contribution in [3.8, 4) is 0 Å². The highest BCUT2D eigenvalue weighted by atomic mass is 32.1. The van der Waals surface area contributed by atoms with Crippen LogP contribution in [-0.4, -0.2) is 22.9 Å². The molecule has 2 rings (SSSR count). The number of ether oxygens (including phenoxy) is 1. The van der Waals surface area contributed by atoms with Gasteiger partial charge in [0.25, 0.3) is 5.17 Å². The molecule has 0 bridgehead atoms. The molecule has 2 aromatic carbocycles. The van der Waals surface area contributed by atoms with Crippen LogP contribution in [0.25, 0.3) is 0 Å². The number of carboxylic acid groups (broad SMARTS) is 1. The molecule has 2 aromatic rings. The van der Waals surface area contributed by atoms with E-state index in [2.05, 4.69) is 0 Å². The predicted molar refractivity (Wildman–Crippen MR) is 86.2 cm³/mol. The van der Waals surface area contributed by atoms with Gasteiger partial charge in [-0.2, -0.15) is 0 Å². The van der Waals surface area contributed by atoms with Crippen LogP contribution in [0.3, 0.4) is 0 Å². The quantitative estimate of drug-likeness (QED) is 0.869. The average molecular weight is 301 g/mol. The summed E-state index contributed by atoms with van der Waals surface area (Å²) in [6.07, 6.45) is 0. The van der Waals surface area contributed by atoms with Crippen molar-refractivity contribution in [1.29, 1.82) is 0 Å². The lowest BCUT2D eigenvalue weighted by Crippen LogP contribution is -2.28. The average Bonchev–Trinajstić information content (AvgIpc) is 2.49. The minimum atomic E-state index is -1.01. The fourth-order valence-electron chi connectivity index (χ4n) is 1.96. The van der Waals surface area contributed by atoms with E-state index >= 15 is 0 Å². The first kappa shape index (κ1) is 15.0. The van der Waals surface area contributed by atoms with Gasteiger partial charge < -0.3 is 9.84 Å². The monoisotopic (exact) mass is 301 g/mol. The van der Waals surface area contributed by atoms with Gasteiger partial charge in [0.15, 0.2) is 0 Å². The number of rotatable bonds is 4. The largest absolute Gasteiger partial charge is 0.478 e. The highest BCUT2D eigenvalue weighted by molar-refractivity contribution is 7.80. The van der Waals surface area contributed by atoms with Crippen LogP contribution in [0.2, 0.25) is 0 Å². The number of benzene rings is 2. The molecular formula is C16H15NO3S. The third kappa shape index (κ3) is 3.38. The van der Waals surface area contributed by atoms with Crippen LogP contribution in [0.15, 0.2) is 54.6 Å². The Morgan fingerprint density at radius 2 is 1.76 bits per heavy atom. The molecule has 0 spiro atoms. The molecule has 4 nitrogen and oxygen atoms in total. The molecule has 0 aliphatic rings. The van der Waals surface area contributed by atoms with Gasteiger partial charge in [0.2, 0.25) is 0 Å². The van der Waals surface area contributed by atoms with Gasteiger partial charge in [0.05, 0.1) is 17.9 Å². The number of carboxylic acids is 1. The van der Waals surface area contributed by atoms with Gasteiger partial charge >= 0.3 is 5.97 Å². The molecular weight excluding hydrogens is 286 g/mol. The van der Waals surface area contributed by atoms with Gasteiger partial charge in [0, 0.05) is 5.69 Å². The third-order valence-electron chi connectivity index (χ3n) is 2.84. The Kier molecular flexibility index (Phi) is 4.90. The number of para-hydroxylation sites is 2. The number of anilines is 2. The highest BCUT2D eigenvalue weighted by Gasteiger charge is 2.21. The Morgan fingerprint density at radius 1 is 1.14 bits per heavy atom.